The van der Waals surface area contributed by atoms with Crippen molar-refractivity contribution in [2.45, 2.75) is 39.0 Å². The van der Waals surface area contributed by atoms with Crippen LogP contribution in [0.4, 0.5) is 0 Å². The topological polar surface area (TPSA) is 85.7 Å². The van der Waals surface area contributed by atoms with E-state index in [1.807, 2.05) is 52.0 Å². The number of rotatable bonds is 6. The molecule has 0 saturated heterocycles. The van der Waals surface area contributed by atoms with Gasteiger partial charge < -0.3 is 0 Å². The number of ketones is 1. The molecule has 3 aromatic rings. The summed E-state index contributed by atoms with van der Waals surface area (Å²) in [5.41, 5.74) is 1.25. The lowest BCUT2D eigenvalue weighted by Gasteiger charge is -2.16. The van der Waals surface area contributed by atoms with Gasteiger partial charge in [0.1, 0.15) is 9.90 Å². The smallest absolute Gasteiger partial charge is 0.292 e. The van der Waals surface area contributed by atoms with E-state index in [2.05, 4.69) is 10.1 Å². The Labute approximate surface area is 174 Å². The molecule has 1 aromatic heterocycles. The summed E-state index contributed by atoms with van der Waals surface area (Å²) in [7, 11) is -4.15. The van der Waals surface area contributed by atoms with Crippen molar-refractivity contribution in [3.8, 4) is 0 Å². The number of Topliss-reactive ketones (excluding diaryl/α,β-unsaturated/α-hetero) is 1. The summed E-state index contributed by atoms with van der Waals surface area (Å²) in [5.74, 6) is -0.323. The molecule has 0 unspecified atom stereocenters. The van der Waals surface area contributed by atoms with Crippen molar-refractivity contribution >= 4 is 43.2 Å². The molecule has 29 heavy (non-hydrogen) atoms. The fourth-order valence-corrected chi connectivity index (χ4v) is 4.28. The van der Waals surface area contributed by atoms with Crippen LogP contribution in [0.2, 0.25) is 0 Å². The van der Waals surface area contributed by atoms with Crippen molar-refractivity contribution in [3.05, 3.63) is 59.1 Å². The molecule has 0 aliphatic rings. The Balaban J connectivity index is 2.00. The van der Waals surface area contributed by atoms with Gasteiger partial charge in [-0.2, -0.15) is 8.42 Å². The predicted octanol–water partition coefficient (Wildman–Crippen LogP) is 4.72. The normalized spacial score (nSPS) is 12.9. The zero-order valence-corrected chi connectivity index (χ0v) is 18.3. The number of aromatic nitrogens is 1. The molecule has 8 heteroatoms. The Morgan fingerprint density at radius 3 is 2.38 bits per heavy atom. The van der Waals surface area contributed by atoms with Gasteiger partial charge in [0.2, 0.25) is 0 Å². The van der Waals surface area contributed by atoms with Crippen LogP contribution in [0.25, 0.3) is 10.2 Å². The zero-order valence-electron chi connectivity index (χ0n) is 16.7. The molecular weight excluding hydrogens is 408 g/mol. The van der Waals surface area contributed by atoms with Crippen LogP contribution >= 0.6 is 11.3 Å². The van der Waals surface area contributed by atoms with Gasteiger partial charge in [0.15, 0.2) is 11.5 Å². The molecule has 0 spiro atoms. The second-order valence-electron chi connectivity index (χ2n) is 7.93. The molecule has 0 saturated carbocycles. The largest absolute Gasteiger partial charge is 0.358 e. The van der Waals surface area contributed by atoms with Gasteiger partial charge in [0, 0.05) is 6.42 Å². The fraction of sp³-hybridized carbons (Fsp3) is 0.286. The molecule has 0 atom stereocenters. The number of nitrogens with zero attached hydrogens (tertiary/aromatic N) is 2. The van der Waals surface area contributed by atoms with Crippen LogP contribution in [0.15, 0.2) is 58.6 Å². The van der Waals surface area contributed by atoms with Crippen LogP contribution in [-0.2, 0) is 19.2 Å². The lowest BCUT2D eigenvalue weighted by molar-refractivity contribution is -0.114. The van der Waals surface area contributed by atoms with E-state index < -0.39 is 10.1 Å². The second-order valence-corrected chi connectivity index (χ2v) is 10.5. The molecule has 0 aliphatic heterocycles. The Morgan fingerprint density at radius 2 is 1.76 bits per heavy atom. The van der Waals surface area contributed by atoms with E-state index in [9.17, 15) is 13.2 Å². The highest BCUT2D eigenvalue weighted by Gasteiger charge is 2.26. The van der Waals surface area contributed by atoms with Crippen LogP contribution in [-0.4, -0.2) is 24.9 Å². The van der Waals surface area contributed by atoms with Gasteiger partial charge in [-0.05, 0) is 36.6 Å². The first kappa shape index (κ1) is 21.1. The van der Waals surface area contributed by atoms with Crippen molar-refractivity contribution in [3.63, 3.8) is 0 Å². The first-order chi connectivity index (χ1) is 13.5. The van der Waals surface area contributed by atoms with Gasteiger partial charge in [-0.15, -0.1) is 11.3 Å². The van der Waals surface area contributed by atoms with Gasteiger partial charge in [-0.3, -0.25) is 9.08 Å². The summed E-state index contributed by atoms with van der Waals surface area (Å²) in [6.45, 7) is 7.62. The van der Waals surface area contributed by atoms with Crippen LogP contribution in [0.3, 0.4) is 0 Å². The summed E-state index contributed by atoms with van der Waals surface area (Å²) in [6, 6.07) is 13.6. The van der Waals surface area contributed by atoms with E-state index in [4.69, 9.17) is 4.28 Å². The summed E-state index contributed by atoms with van der Waals surface area (Å²) in [6.07, 6.45) is 0.176. The van der Waals surface area contributed by atoms with Crippen LogP contribution < -0.4 is 0 Å². The molecule has 3 rings (SSSR count). The van der Waals surface area contributed by atoms with Crippen molar-refractivity contribution < 1.29 is 17.5 Å². The third-order valence-corrected chi connectivity index (χ3v) is 6.15. The number of carbonyl (C=O) groups is 1. The number of carbonyl (C=O) groups excluding carboxylic acids is 1. The van der Waals surface area contributed by atoms with Gasteiger partial charge >= 0.3 is 10.1 Å². The van der Waals surface area contributed by atoms with Crippen LogP contribution in [0.5, 0.6) is 0 Å². The van der Waals surface area contributed by atoms with E-state index in [0.29, 0.717) is 10.5 Å². The number of oxime groups is 1. The minimum absolute atomic E-state index is 0.0289. The fourth-order valence-electron chi connectivity index (χ4n) is 2.58. The lowest BCUT2D eigenvalue weighted by Crippen LogP contribution is -2.22. The first-order valence-electron chi connectivity index (χ1n) is 9.03. The maximum absolute atomic E-state index is 12.9. The Bertz CT molecular complexity index is 1140. The molecule has 0 aliphatic carbocycles. The summed E-state index contributed by atoms with van der Waals surface area (Å²) in [4.78, 5) is 17.3. The van der Waals surface area contributed by atoms with Crippen LogP contribution in [0.1, 0.15) is 37.8 Å². The number of para-hydroxylation sites is 1. The predicted molar refractivity (Wildman–Crippen MR) is 115 cm³/mol. The minimum Gasteiger partial charge on any atom is -0.292 e. The number of aryl methyl sites for hydroxylation is 1. The molecule has 2 aromatic carbocycles. The highest BCUT2D eigenvalue weighted by molar-refractivity contribution is 7.86. The van der Waals surface area contributed by atoms with Gasteiger partial charge in [0.25, 0.3) is 0 Å². The molecule has 6 nitrogen and oxygen atoms in total. The van der Waals surface area contributed by atoms with E-state index in [1.54, 1.807) is 12.1 Å². The number of hydrogen-bond acceptors (Lipinski definition) is 7. The summed E-state index contributed by atoms with van der Waals surface area (Å²) >= 11 is 1.27. The van der Waals surface area contributed by atoms with Gasteiger partial charge in [-0.25, -0.2) is 4.98 Å². The van der Waals surface area contributed by atoms with Crippen molar-refractivity contribution in [2.24, 2.45) is 10.6 Å². The molecular formula is C21H22N2O4S2. The summed E-state index contributed by atoms with van der Waals surface area (Å²) < 4.78 is 30.8. The Morgan fingerprint density at radius 1 is 1.10 bits per heavy atom. The monoisotopic (exact) mass is 430 g/mol. The number of benzene rings is 2. The quantitative estimate of drug-likeness (QED) is 0.417. The van der Waals surface area contributed by atoms with Crippen molar-refractivity contribution in [2.75, 3.05) is 0 Å². The Hall–Kier alpha value is -2.58. The molecule has 152 valence electrons. The molecule has 0 amide bonds. The Kier molecular flexibility index (Phi) is 5.86. The van der Waals surface area contributed by atoms with Gasteiger partial charge in [-0.1, -0.05) is 55.8 Å². The molecule has 0 bridgehead atoms. The van der Waals surface area contributed by atoms with Crippen molar-refractivity contribution in [1.82, 2.24) is 4.98 Å². The van der Waals surface area contributed by atoms with E-state index in [-0.39, 0.29) is 28.2 Å². The molecule has 0 fully saturated rings. The highest BCUT2D eigenvalue weighted by atomic mass is 32.2. The SMILES string of the molecule is Cc1ccc(S(=O)(=O)O/N=C(\C(=O)CC(C)(C)C)c2nc3ccccc3s2)cc1. The number of hydrogen-bond donors (Lipinski definition) is 0. The summed E-state index contributed by atoms with van der Waals surface area (Å²) in [5, 5.41) is 4.10. The second kappa shape index (κ2) is 8.04. The first-order valence-corrected chi connectivity index (χ1v) is 11.3. The number of thiazole rings is 1. The highest BCUT2D eigenvalue weighted by Crippen LogP contribution is 2.26. The standard InChI is InChI=1S/C21H22N2O4S2/c1-14-9-11-15(12-10-14)29(25,26)27-23-19(17(24)13-21(2,3)4)20-22-16-7-5-6-8-18(16)28-20/h5-12H,13H2,1-4H3/b23-19+. The maximum atomic E-state index is 12.9. The number of fused-ring (bicyclic) bond motifs is 1. The van der Waals surface area contributed by atoms with Crippen molar-refractivity contribution in [1.29, 1.82) is 0 Å². The van der Waals surface area contributed by atoms with E-state index in [0.717, 1.165) is 10.3 Å². The molecule has 0 N–H and O–H groups in total. The van der Waals surface area contributed by atoms with Crippen LogP contribution in [0, 0.1) is 12.3 Å². The van der Waals surface area contributed by atoms with E-state index >= 15 is 0 Å². The van der Waals surface area contributed by atoms with E-state index in [1.165, 1.54) is 23.5 Å². The average Bonchev–Trinajstić information content (AvgIpc) is 3.04. The molecule has 1 heterocycles. The third kappa shape index (κ3) is 5.27. The lowest BCUT2D eigenvalue weighted by atomic mass is 9.89. The van der Waals surface area contributed by atoms with Gasteiger partial charge in [0.05, 0.1) is 10.2 Å². The minimum atomic E-state index is -4.15. The average molecular weight is 431 g/mol. The maximum Gasteiger partial charge on any atom is 0.358 e. The zero-order chi connectivity index (χ0) is 21.2. The third-order valence-electron chi connectivity index (χ3n) is 3.99. The molecule has 0 radical (unpaired) electrons.